The van der Waals surface area contributed by atoms with Crippen molar-refractivity contribution >= 4 is 35.0 Å². The standard InChI is InChI=1S/C13H13N3O5S/c1-21-9-4-7(2-3-8(9)17)6-14-16-13-15-12(20)10(22-13)5-11(18)19/h2-4,6,10,17H,5H2,1H3,(H,18,19)(H,15,16,20)/p-1/b14-6+. The summed E-state index contributed by atoms with van der Waals surface area (Å²) in [7, 11) is 1.43. The molecule has 0 aromatic heterocycles. The summed E-state index contributed by atoms with van der Waals surface area (Å²) in [4.78, 5) is 22.0. The number of carboxylic acid groups (broad SMARTS) is 1. The molecule has 1 fully saturated rings. The first-order valence-electron chi connectivity index (χ1n) is 6.15. The number of amidine groups is 1. The third-order valence-electron chi connectivity index (χ3n) is 2.69. The fourth-order valence-electron chi connectivity index (χ4n) is 1.66. The van der Waals surface area contributed by atoms with Gasteiger partial charge in [-0.3, -0.25) is 4.79 Å². The molecule has 1 aliphatic rings. The van der Waals surface area contributed by atoms with Gasteiger partial charge in [-0.2, -0.15) is 5.10 Å². The van der Waals surface area contributed by atoms with Crippen LogP contribution in [0.1, 0.15) is 12.0 Å². The number of thioether (sulfide) groups is 1. The van der Waals surface area contributed by atoms with Gasteiger partial charge >= 0.3 is 0 Å². The molecule has 2 N–H and O–H groups in total. The molecule has 0 bridgehead atoms. The SMILES string of the molecule is COc1cc(/C=N/N=C2\NC(=O)C(CC(=O)[O-])S2)ccc1O. The van der Waals surface area contributed by atoms with Crippen LogP contribution in [-0.2, 0) is 9.59 Å². The van der Waals surface area contributed by atoms with Crippen molar-refractivity contribution < 1.29 is 24.5 Å². The van der Waals surface area contributed by atoms with E-state index in [1.54, 1.807) is 12.1 Å². The Hall–Kier alpha value is -2.55. The number of phenolic OH excluding ortho intramolecular Hbond substituents is 1. The Morgan fingerprint density at radius 1 is 1.59 bits per heavy atom. The maximum atomic E-state index is 11.5. The molecular weight excluding hydrogens is 310 g/mol. The van der Waals surface area contributed by atoms with Gasteiger partial charge in [0.2, 0.25) is 5.91 Å². The number of methoxy groups -OCH3 is 1. The smallest absolute Gasteiger partial charge is 0.239 e. The molecule has 1 aliphatic heterocycles. The lowest BCUT2D eigenvalue weighted by Crippen LogP contribution is -2.31. The molecule has 1 saturated heterocycles. The number of carbonyl (C=O) groups excluding carboxylic acids is 2. The van der Waals surface area contributed by atoms with Gasteiger partial charge in [-0.15, -0.1) is 5.10 Å². The van der Waals surface area contributed by atoms with Crippen molar-refractivity contribution in [3.63, 3.8) is 0 Å². The molecule has 9 heteroatoms. The first kappa shape index (κ1) is 15.8. The van der Waals surface area contributed by atoms with E-state index in [1.807, 2.05) is 0 Å². The molecule has 1 heterocycles. The summed E-state index contributed by atoms with van der Waals surface area (Å²) in [6.07, 6.45) is 1.03. The molecular formula is C13H12N3O5S-. The van der Waals surface area contributed by atoms with Gasteiger partial charge in [-0.1, -0.05) is 11.8 Å². The molecule has 1 aromatic rings. The molecule has 22 heavy (non-hydrogen) atoms. The highest BCUT2D eigenvalue weighted by Gasteiger charge is 2.30. The number of hydrogen-bond donors (Lipinski definition) is 2. The van der Waals surface area contributed by atoms with Crippen LogP contribution in [0.4, 0.5) is 0 Å². The van der Waals surface area contributed by atoms with Crippen molar-refractivity contribution in [3.05, 3.63) is 23.8 Å². The number of nitrogens with one attached hydrogen (secondary N) is 1. The second-order valence-electron chi connectivity index (χ2n) is 4.25. The zero-order valence-electron chi connectivity index (χ0n) is 11.5. The summed E-state index contributed by atoms with van der Waals surface area (Å²) in [5.41, 5.74) is 0.639. The molecule has 0 saturated carbocycles. The van der Waals surface area contributed by atoms with E-state index in [9.17, 15) is 19.8 Å². The van der Waals surface area contributed by atoms with Gasteiger partial charge in [0.05, 0.1) is 18.6 Å². The Balaban J connectivity index is 2.03. The van der Waals surface area contributed by atoms with E-state index in [-0.39, 0.29) is 17.3 Å². The van der Waals surface area contributed by atoms with E-state index in [0.29, 0.717) is 11.3 Å². The van der Waals surface area contributed by atoms with E-state index in [0.717, 1.165) is 11.8 Å². The Bertz CT molecular complexity index is 659. The summed E-state index contributed by atoms with van der Waals surface area (Å²) in [6.45, 7) is 0. The fourth-order valence-corrected chi connectivity index (χ4v) is 2.57. The zero-order chi connectivity index (χ0) is 16.1. The molecule has 0 aliphatic carbocycles. The monoisotopic (exact) mass is 322 g/mol. The van der Waals surface area contributed by atoms with Crippen molar-refractivity contribution in [2.75, 3.05) is 7.11 Å². The van der Waals surface area contributed by atoms with Crippen LogP contribution in [0.2, 0.25) is 0 Å². The third kappa shape index (κ3) is 3.98. The largest absolute Gasteiger partial charge is 0.550 e. The Morgan fingerprint density at radius 3 is 3.05 bits per heavy atom. The predicted octanol–water partition coefficient (Wildman–Crippen LogP) is -0.538. The number of nitrogens with zero attached hydrogens (tertiary/aromatic N) is 2. The maximum Gasteiger partial charge on any atom is 0.239 e. The quantitative estimate of drug-likeness (QED) is 0.554. The summed E-state index contributed by atoms with van der Waals surface area (Å²) >= 11 is 0.982. The van der Waals surface area contributed by atoms with Gasteiger partial charge < -0.3 is 25.1 Å². The number of carbonyl (C=O) groups is 2. The van der Waals surface area contributed by atoms with E-state index in [1.165, 1.54) is 19.4 Å². The minimum Gasteiger partial charge on any atom is -0.550 e. The molecule has 1 aromatic carbocycles. The van der Waals surface area contributed by atoms with E-state index < -0.39 is 17.1 Å². The maximum absolute atomic E-state index is 11.5. The summed E-state index contributed by atoms with van der Waals surface area (Å²) in [5, 5.41) is 29.5. The van der Waals surface area contributed by atoms with Gasteiger partial charge in [-0.05, 0) is 23.8 Å². The molecule has 1 unspecified atom stereocenters. The van der Waals surface area contributed by atoms with E-state index in [4.69, 9.17) is 4.74 Å². The summed E-state index contributed by atoms with van der Waals surface area (Å²) in [5.74, 6) is -1.42. The molecule has 0 radical (unpaired) electrons. The minimum atomic E-state index is -1.30. The van der Waals surface area contributed by atoms with Crippen LogP contribution in [0.5, 0.6) is 11.5 Å². The van der Waals surface area contributed by atoms with Crippen LogP contribution >= 0.6 is 11.8 Å². The van der Waals surface area contributed by atoms with Gasteiger partial charge in [0.15, 0.2) is 16.7 Å². The van der Waals surface area contributed by atoms with Gasteiger partial charge in [-0.25, -0.2) is 0 Å². The van der Waals surface area contributed by atoms with Crippen LogP contribution in [0.25, 0.3) is 0 Å². The number of amides is 1. The van der Waals surface area contributed by atoms with E-state index in [2.05, 4.69) is 15.5 Å². The second kappa shape index (κ2) is 6.94. The molecule has 1 atom stereocenters. The second-order valence-corrected chi connectivity index (χ2v) is 5.44. The minimum absolute atomic E-state index is 0.00898. The first-order chi connectivity index (χ1) is 10.5. The van der Waals surface area contributed by atoms with Gasteiger partial charge in [0.25, 0.3) is 0 Å². The highest BCUT2D eigenvalue weighted by molar-refractivity contribution is 8.15. The summed E-state index contributed by atoms with van der Waals surface area (Å²) in [6, 6.07) is 4.63. The number of carboxylic acids is 1. The molecule has 0 spiro atoms. The number of phenols is 1. The van der Waals surface area contributed by atoms with Gasteiger partial charge in [0, 0.05) is 12.4 Å². The Kier molecular flexibility index (Phi) is 4.99. The average molecular weight is 322 g/mol. The van der Waals surface area contributed by atoms with E-state index >= 15 is 0 Å². The van der Waals surface area contributed by atoms with Crippen LogP contribution in [-0.4, -0.2) is 40.7 Å². The van der Waals surface area contributed by atoms with Crippen LogP contribution in [0, 0.1) is 0 Å². The third-order valence-corrected chi connectivity index (χ3v) is 3.76. The first-order valence-corrected chi connectivity index (χ1v) is 7.03. The number of aliphatic carboxylic acids is 1. The van der Waals surface area contributed by atoms with Crippen LogP contribution in [0.15, 0.2) is 28.4 Å². The highest BCUT2D eigenvalue weighted by atomic mass is 32.2. The van der Waals surface area contributed by atoms with Crippen molar-refractivity contribution in [2.45, 2.75) is 11.7 Å². The van der Waals surface area contributed by atoms with Crippen molar-refractivity contribution in [1.29, 1.82) is 0 Å². The number of ether oxygens (including phenoxy) is 1. The topological polar surface area (TPSA) is 123 Å². The van der Waals surface area contributed by atoms with Gasteiger partial charge in [0.1, 0.15) is 0 Å². The van der Waals surface area contributed by atoms with Crippen molar-refractivity contribution in [3.8, 4) is 11.5 Å². The number of benzene rings is 1. The van der Waals surface area contributed by atoms with Crippen molar-refractivity contribution in [1.82, 2.24) is 5.32 Å². The fraction of sp³-hybridized carbons (Fsp3) is 0.231. The molecule has 2 rings (SSSR count). The number of rotatable bonds is 5. The van der Waals surface area contributed by atoms with Crippen LogP contribution in [0.3, 0.4) is 0 Å². The highest BCUT2D eigenvalue weighted by Crippen LogP contribution is 2.25. The lowest BCUT2D eigenvalue weighted by atomic mass is 10.2. The molecule has 1 amide bonds. The Morgan fingerprint density at radius 2 is 2.36 bits per heavy atom. The normalized spacial score (nSPS) is 19.6. The lowest BCUT2D eigenvalue weighted by molar-refractivity contribution is -0.305. The average Bonchev–Trinajstić information content (AvgIpc) is 2.80. The lowest BCUT2D eigenvalue weighted by Gasteiger charge is -2.04. The zero-order valence-corrected chi connectivity index (χ0v) is 12.3. The predicted molar refractivity (Wildman–Crippen MR) is 78.8 cm³/mol. The van der Waals surface area contributed by atoms with Crippen molar-refractivity contribution in [2.24, 2.45) is 10.2 Å². The molecule has 8 nitrogen and oxygen atoms in total. The number of aromatic hydroxyl groups is 1. The van der Waals surface area contributed by atoms with Crippen LogP contribution < -0.4 is 15.2 Å². The Labute approximate surface area is 129 Å². The number of hydrogen-bond acceptors (Lipinski definition) is 8. The molecule has 116 valence electrons. The summed E-state index contributed by atoms with van der Waals surface area (Å²) < 4.78 is 4.96.